The summed E-state index contributed by atoms with van der Waals surface area (Å²) < 4.78 is 17.6. The summed E-state index contributed by atoms with van der Waals surface area (Å²) in [5.41, 5.74) is 1.12. The lowest BCUT2D eigenvalue weighted by Crippen LogP contribution is -2.27. The molecule has 2 rings (SSSR count). The van der Waals surface area contributed by atoms with E-state index in [-0.39, 0.29) is 5.91 Å². The highest BCUT2D eigenvalue weighted by atomic mass is 16.5. The fourth-order valence-corrected chi connectivity index (χ4v) is 2.08. The van der Waals surface area contributed by atoms with Crippen LogP contribution in [0.15, 0.2) is 36.7 Å². The van der Waals surface area contributed by atoms with E-state index in [2.05, 4.69) is 5.32 Å². The van der Waals surface area contributed by atoms with Crippen LogP contribution >= 0.6 is 0 Å². The standard InChI is InChI=1S/C16H18N2O4/c1-18-7-5-6-12(10-18)17-16(19)11-8-13(20-2)15(22-4)14(9-11)21-3/h5-10H,1-4H3/p+1. The average Bonchev–Trinajstić information content (AvgIpc) is 2.53. The first-order valence-corrected chi connectivity index (χ1v) is 6.65. The molecular formula is C16H19N2O4+. The van der Waals surface area contributed by atoms with Crippen LogP contribution in [0.1, 0.15) is 10.4 Å². The van der Waals surface area contributed by atoms with Crippen LogP contribution in [0, 0.1) is 0 Å². The average molecular weight is 303 g/mol. The summed E-state index contributed by atoms with van der Waals surface area (Å²) in [7, 11) is 6.42. The molecule has 6 heteroatoms. The summed E-state index contributed by atoms with van der Waals surface area (Å²) in [4.78, 5) is 12.4. The summed E-state index contributed by atoms with van der Waals surface area (Å²) in [6, 6.07) is 6.89. The molecule has 2 aromatic rings. The van der Waals surface area contributed by atoms with Crippen LogP contribution < -0.4 is 24.1 Å². The van der Waals surface area contributed by atoms with Crippen molar-refractivity contribution in [1.82, 2.24) is 0 Å². The van der Waals surface area contributed by atoms with Crippen molar-refractivity contribution in [3.63, 3.8) is 0 Å². The maximum absolute atomic E-state index is 12.4. The lowest BCUT2D eigenvalue weighted by molar-refractivity contribution is -0.670. The summed E-state index contributed by atoms with van der Waals surface area (Å²) in [6.07, 6.45) is 3.70. The number of ether oxygens (including phenoxy) is 3. The second-order valence-corrected chi connectivity index (χ2v) is 4.63. The van der Waals surface area contributed by atoms with Crippen molar-refractivity contribution in [3.8, 4) is 17.2 Å². The van der Waals surface area contributed by atoms with Crippen molar-refractivity contribution in [1.29, 1.82) is 0 Å². The molecule has 116 valence electrons. The molecule has 1 aromatic carbocycles. The summed E-state index contributed by atoms with van der Waals surface area (Å²) in [5, 5.41) is 2.83. The zero-order valence-electron chi connectivity index (χ0n) is 13.0. The fraction of sp³-hybridized carbons (Fsp3) is 0.250. The molecule has 0 atom stereocenters. The number of pyridine rings is 1. The molecular weight excluding hydrogens is 284 g/mol. The summed E-state index contributed by atoms with van der Waals surface area (Å²) >= 11 is 0. The molecule has 0 unspecified atom stereocenters. The predicted molar refractivity (Wildman–Crippen MR) is 81.7 cm³/mol. The molecule has 0 spiro atoms. The van der Waals surface area contributed by atoms with Gasteiger partial charge in [0.25, 0.3) is 5.91 Å². The Kier molecular flexibility index (Phi) is 4.83. The van der Waals surface area contributed by atoms with Gasteiger partial charge in [0.2, 0.25) is 5.75 Å². The van der Waals surface area contributed by atoms with Gasteiger partial charge in [0.15, 0.2) is 23.9 Å². The van der Waals surface area contributed by atoms with Crippen LogP contribution in [0.4, 0.5) is 5.69 Å². The quantitative estimate of drug-likeness (QED) is 0.856. The SMILES string of the molecule is COc1cc(C(=O)Nc2ccc[n+](C)c2)cc(OC)c1OC. The minimum absolute atomic E-state index is 0.259. The molecule has 0 aliphatic carbocycles. The lowest BCUT2D eigenvalue weighted by atomic mass is 10.1. The summed E-state index contributed by atoms with van der Waals surface area (Å²) in [5.74, 6) is 1.06. The number of carbonyl (C=O) groups excluding carboxylic acids is 1. The Balaban J connectivity index is 2.33. The molecule has 1 amide bonds. The van der Waals surface area contributed by atoms with E-state index in [0.29, 0.717) is 28.5 Å². The maximum atomic E-state index is 12.4. The van der Waals surface area contributed by atoms with E-state index in [1.807, 2.05) is 36.1 Å². The van der Waals surface area contributed by atoms with Crippen molar-refractivity contribution in [2.24, 2.45) is 7.05 Å². The molecule has 0 fully saturated rings. The van der Waals surface area contributed by atoms with E-state index in [0.717, 1.165) is 0 Å². The molecule has 1 heterocycles. The largest absolute Gasteiger partial charge is 0.493 e. The van der Waals surface area contributed by atoms with E-state index in [1.54, 1.807) is 12.1 Å². The van der Waals surface area contributed by atoms with Gasteiger partial charge in [-0.3, -0.25) is 4.79 Å². The molecule has 0 aliphatic heterocycles. The first-order chi connectivity index (χ1) is 10.6. The number of nitrogens with zero attached hydrogens (tertiary/aromatic N) is 1. The van der Waals surface area contributed by atoms with Gasteiger partial charge in [0, 0.05) is 11.6 Å². The molecule has 0 radical (unpaired) electrons. The third-order valence-electron chi connectivity index (χ3n) is 3.12. The van der Waals surface area contributed by atoms with E-state index in [4.69, 9.17) is 14.2 Å². The van der Waals surface area contributed by atoms with Crippen molar-refractivity contribution in [2.45, 2.75) is 0 Å². The van der Waals surface area contributed by atoms with Gasteiger partial charge >= 0.3 is 0 Å². The molecule has 1 aromatic heterocycles. The Morgan fingerprint density at radius 3 is 2.23 bits per heavy atom. The number of carbonyl (C=O) groups is 1. The van der Waals surface area contributed by atoms with E-state index >= 15 is 0 Å². The molecule has 1 N–H and O–H groups in total. The molecule has 0 saturated heterocycles. The highest BCUT2D eigenvalue weighted by molar-refractivity contribution is 6.05. The normalized spacial score (nSPS) is 10.0. The van der Waals surface area contributed by atoms with Crippen LogP contribution in [0.25, 0.3) is 0 Å². The van der Waals surface area contributed by atoms with Gasteiger partial charge in [0.1, 0.15) is 12.7 Å². The lowest BCUT2D eigenvalue weighted by Gasteiger charge is -2.13. The monoisotopic (exact) mass is 303 g/mol. The number of hydrogen-bond donors (Lipinski definition) is 1. The number of anilines is 1. The number of aryl methyl sites for hydroxylation is 1. The Labute approximate surface area is 129 Å². The van der Waals surface area contributed by atoms with Crippen LogP contribution in [0.3, 0.4) is 0 Å². The highest BCUT2D eigenvalue weighted by Crippen LogP contribution is 2.38. The number of benzene rings is 1. The van der Waals surface area contributed by atoms with E-state index < -0.39 is 0 Å². The second kappa shape index (κ2) is 6.80. The topological polar surface area (TPSA) is 60.7 Å². The number of methoxy groups -OCH3 is 3. The molecule has 22 heavy (non-hydrogen) atoms. The van der Waals surface area contributed by atoms with Crippen LogP contribution in [0.2, 0.25) is 0 Å². The van der Waals surface area contributed by atoms with E-state index in [9.17, 15) is 4.79 Å². The van der Waals surface area contributed by atoms with Gasteiger partial charge in [-0.2, -0.15) is 0 Å². The van der Waals surface area contributed by atoms with Crippen molar-refractivity contribution >= 4 is 11.6 Å². The van der Waals surface area contributed by atoms with Crippen LogP contribution in [0.5, 0.6) is 17.2 Å². The van der Waals surface area contributed by atoms with E-state index in [1.165, 1.54) is 21.3 Å². The Morgan fingerprint density at radius 2 is 1.73 bits per heavy atom. The first-order valence-electron chi connectivity index (χ1n) is 6.65. The van der Waals surface area contributed by atoms with Gasteiger partial charge in [-0.1, -0.05) is 0 Å². The smallest absolute Gasteiger partial charge is 0.256 e. The van der Waals surface area contributed by atoms with Crippen molar-refractivity contribution in [3.05, 3.63) is 42.2 Å². The zero-order valence-corrected chi connectivity index (χ0v) is 13.0. The molecule has 0 bridgehead atoms. The fourth-order valence-electron chi connectivity index (χ4n) is 2.08. The Morgan fingerprint density at radius 1 is 1.09 bits per heavy atom. The number of rotatable bonds is 5. The number of aromatic nitrogens is 1. The minimum atomic E-state index is -0.259. The summed E-state index contributed by atoms with van der Waals surface area (Å²) in [6.45, 7) is 0. The van der Waals surface area contributed by atoms with Gasteiger partial charge < -0.3 is 19.5 Å². The van der Waals surface area contributed by atoms with Crippen LogP contribution in [-0.2, 0) is 7.05 Å². The predicted octanol–water partition coefficient (Wildman–Crippen LogP) is 1.79. The number of hydrogen-bond acceptors (Lipinski definition) is 4. The van der Waals surface area contributed by atoms with Crippen molar-refractivity contribution in [2.75, 3.05) is 26.6 Å². The third-order valence-corrected chi connectivity index (χ3v) is 3.12. The number of amides is 1. The first kappa shape index (κ1) is 15.6. The van der Waals surface area contributed by atoms with Gasteiger partial charge in [0.05, 0.1) is 21.3 Å². The highest BCUT2D eigenvalue weighted by Gasteiger charge is 2.17. The van der Waals surface area contributed by atoms with Crippen LogP contribution in [-0.4, -0.2) is 27.2 Å². The molecule has 6 nitrogen and oxygen atoms in total. The van der Waals surface area contributed by atoms with Gasteiger partial charge in [-0.05, 0) is 18.2 Å². The minimum Gasteiger partial charge on any atom is -0.493 e. The Bertz CT molecular complexity index is 661. The third kappa shape index (κ3) is 3.28. The molecule has 0 saturated carbocycles. The number of nitrogens with one attached hydrogen (secondary N) is 1. The maximum Gasteiger partial charge on any atom is 0.256 e. The van der Waals surface area contributed by atoms with Crippen molar-refractivity contribution < 1.29 is 23.6 Å². The zero-order chi connectivity index (χ0) is 16.1. The Hall–Kier alpha value is -2.76. The molecule has 0 aliphatic rings. The second-order valence-electron chi connectivity index (χ2n) is 4.63. The van der Waals surface area contributed by atoms with Gasteiger partial charge in [-0.15, -0.1) is 0 Å². The van der Waals surface area contributed by atoms with Gasteiger partial charge in [-0.25, -0.2) is 4.57 Å².